The minimum absolute atomic E-state index is 0.0763. The van der Waals surface area contributed by atoms with E-state index in [1.54, 1.807) is 28.6 Å². The second kappa shape index (κ2) is 8.68. The lowest BCUT2D eigenvalue weighted by atomic mass is 9.98. The molecule has 176 valence electrons. The summed E-state index contributed by atoms with van der Waals surface area (Å²) in [5.41, 5.74) is 4.72. The number of aromatic amines is 1. The summed E-state index contributed by atoms with van der Waals surface area (Å²) in [6.45, 7) is 7.93. The van der Waals surface area contributed by atoms with Crippen molar-refractivity contribution in [3.8, 4) is 0 Å². The number of rotatable bonds is 3. The molecule has 8 heteroatoms. The molecule has 1 amide bonds. The number of hydrogen-bond acceptors (Lipinski definition) is 4. The van der Waals surface area contributed by atoms with Gasteiger partial charge < -0.3 is 14.6 Å². The van der Waals surface area contributed by atoms with Crippen LogP contribution in [0.5, 0.6) is 0 Å². The maximum atomic E-state index is 13.6. The van der Waals surface area contributed by atoms with Gasteiger partial charge in [-0.1, -0.05) is 6.58 Å². The van der Waals surface area contributed by atoms with Crippen LogP contribution in [0.4, 0.5) is 10.1 Å². The van der Waals surface area contributed by atoms with Crippen LogP contribution in [-0.4, -0.2) is 42.3 Å². The molecule has 34 heavy (non-hydrogen) atoms. The number of anilines is 1. The van der Waals surface area contributed by atoms with Gasteiger partial charge in [0.1, 0.15) is 5.82 Å². The molecule has 5 rings (SSSR count). The first-order chi connectivity index (χ1) is 16.4. The second-order valence-corrected chi connectivity index (χ2v) is 8.91. The zero-order valence-corrected chi connectivity index (χ0v) is 19.4. The van der Waals surface area contributed by atoms with Crippen molar-refractivity contribution in [2.45, 2.75) is 26.2 Å². The van der Waals surface area contributed by atoms with Gasteiger partial charge in [-0.2, -0.15) is 0 Å². The Labute approximate surface area is 196 Å². The monoisotopic (exact) mass is 462 g/mol. The van der Waals surface area contributed by atoms with Gasteiger partial charge in [0.25, 0.3) is 11.5 Å². The highest BCUT2D eigenvalue weighted by Crippen LogP contribution is 2.32. The van der Waals surface area contributed by atoms with E-state index in [4.69, 9.17) is 4.74 Å². The fraction of sp³-hybridized carbons (Fsp3) is 0.346. The van der Waals surface area contributed by atoms with Crippen LogP contribution in [-0.2, 0) is 11.2 Å². The number of carbonyl (C=O) groups is 1. The third-order valence-corrected chi connectivity index (χ3v) is 6.79. The summed E-state index contributed by atoms with van der Waals surface area (Å²) in [4.78, 5) is 35.2. The van der Waals surface area contributed by atoms with E-state index >= 15 is 0 Å². The van der Waals surface area contributed by atoms with Crippen molar-refractivity contribution in [2.75, 3.05) is 31.7 Å². The Bertz CT molecular complexity index is 1450. The number of aromatic nitrogens is 2. The van der Waals surface area contributed by atoms with Gasteiger partial charge in [-0.05, 0) is 67.6 Å². The van der Waals surface area contributed by atoms with E-state index in [0.717, 1.165) is 47.5 Å². The van der Waals surface area contributed by atoms with E-state index < -0.39 is 0 Å². The number of nitrogens with one attached hydrogen (secondary N) is 1. The Morgan fingerprint density at radius 3 is 2.85 bits per heavy atom. The molecule has 0 radical (unpaired) electrons. The van der Waals surface area contributed by atoms with Crippen molar-refractivity contribution in [2.24, 2.45) is 10.9 Å². The largest absolute Gasteiger partial charge is 0.381 e. The Morgan fingerprint density at radius 2 is 2.12 bits per heavy atom. The highest BCUT2D eigenvalue weighted by molar-refractivity contribution is 6.09. The number of hydrogen-bond donors (Lipinski definition) is 1. The van der Waals surface area contributed by atoms with E-state index in [9.17, 15) is 14.0 Å². The average Bonchev–Trinajstić information content (AvgIpc) is 3.26. The van der Waals surface area contributed by atoms with Crippen LogP contribution in [0.1, 0.15) is 34.3 Å². The SMILES string of the molecule is C=C(C1CCCOC1)n1c(=NC)c(=O)[nH]c2cc(C(=O)N3CCc4cc(F)ccc43)c(C)cc21. The van der Waals surface area contributed by atoms with Gasteiger partial charge in [0.05, 0.1) is 17.6 Å². The van der Waals surface area contributed by atoms with Crippen LogP contribution >= 0.6 is 0 Å². The van der Waals surface area contributed by atoms with Gasteiger partial charge in [-0.25, -0.2) is 4.39 Å². The first kappa shape index (κ1) is 22.3. The van der Waals surface area contributed by atoms with Crippen molar-refractivity contribution in [1.82, 2.24) is 9.55 Å². The number of amides is 1. The summed E-state index contributed by atoms with van der Waals surface area (Å²) in [5, 5.41) is 0. The molecule has 1 fully saturated rings. The molecule has 3 aromatic rings. The minimum atomic E-state index is -0.350. The molecule has 1 unspecified atom stereocenters. The van der Waals surface area contributed by atoms with Crippen LogP contribution in [0.2, 0.25) is 0 Å². The molecule has 7 nitrogen and oxygen atoms in total. The molecule has 2 aliphatic rings. The third-order valence-electron chi connectivity index (χ3n) is 6.79. The Morgan fingerprint density at radius 1 is 1.29 bits per heavy atom. The van der Waals surface area contributed by atoms with Gasteiger partial charge in [-0.3, -0.25) is 19.1 Å². The molecule has 2 aliphatic heterocycles. The topological polar surface area (TPSA) is 79.7 Å². The first-order valence-corrected chi connectivity index (χ1v) is 11.5. The summed E-state index contributed by atoms with van der Waals surface area (Å²) in [6.07, 6.45) is 2.46. The minimum Gasteiger partial charge on any atom is -0.381 e. The predicted octanol–water partition coefficient (Wildman–Crippen LogP) is 3.41. The van der Waals surface area contributed by atoms with Gasteiger partial charge in [0, 0.05) is 43.1 Å². The van der Waals surface area contributed by atoms with Gasteiger partial charge in [0.15, 0.2) is 5.49 Å². The maximum Gasteiger partial charge on any atom is 0.291 e. The van der Waals surface area contributed by atoms with Crippen LogP contribution in [0, 0.1) is 18.7 Å². The molecule has 3 heterocycles. The molecule has 0 saturated carbocycles. The van der Waals surface area contributed by atoms with Crippen LogP contribution < -0.4 is 15.9 Å². The summed E-state index contributed by atoms with van der Waals surface area (Å²) < 4.78 is 21.1. The number of carbonyl (C=O) groups excluding carboxylic acids is 1. The lowest BCUT2D eigenvalue weighted by Gasteiger charge is -2.26. The number of H-pyrrole nitrogens is 1. The highest BCUT2D eigenvalue weighted by Gasteiger charge is 2.28. The zero-order valence-electron chi connectivity index (χ0n) is 19.4. The van der Waals surface area contributed by atoms with E-state index in [2.05, 4.69) is 16.6 Å². The molecule has 1 aromatic heterocycles. The number of aryl methyl sites for hydroxylation is 1. The van der Waals surface area contributed by atoms with Crippen LogP contribution in [0.3, 0.4) is 0 Å². The molecule has 1 saturated heterocycles. The molecule has 0 bridgehead atoms. The average molecular weight is 463 g/mol. The van der Waals surface area contributed by atoms with Crippen molar-refractivity contribution in [1.29, 1.82) is 0 Å². The predicted molar refractivity (Wildman–Crippen MR) is 129 cm³/mol. The lowest BCUT2D eigenvalue weighted by Crippen LogP contribution is -2.39. The second-order valence-electron chi connectivity index (χ2n) is 8.91. The summed E-state index contributed by atoms with van der Waals surface area (Å²) in [7, 11) is 1.58. The summed E-state index contributed by atoms with van der Waals surface area (Å²) >= 11 is 0. The van der Waals surface area contributed by atoms with Crippen LogP contribution in [0.25, 0.3) is 16.7 Å². The number of benzene rings is 2. The Balaban J connectivity index is 1.62. The Kier molecular flexibility index (Phi) is 5.69. The van der Waals surface area contributed by atoms with E-state index in [1.165, 1.54) is 12.1 Å². The smallest absolute Gasteiger partial charge is 0.291 e. The van der Waals surface area contributed by atoms with Crippen molar-refractivity contribution < 1.29 is 13.9 Å². The van der Waals surface area contributed by atoms with Crippen molar-refractivity contribution in [3.63, 3.8) is 0 Å². The van der Waals surface area contributed by atoms with Crippen molar-refractivity contribution in [3.05, 3.63) is 75.3 Å². The molecule has 1 N–H and O–H groups in total. The first-order valence-electron chi connectivity index (χ1n) is 11.5. The molecular formula is C26H27FN4O3. The standard InChI is InChI=1S/C26H27FN4O3/c1-15-11-23-21(13-20(15)26(33)30-9-8-17-12-19(27)6-7-22(17)30)29-25(32)24(28-3)31(23)16(2)18-5-4-10-34-14-18/h6-7,11-13,18H,2,4-5,8-10,14H2,1,3H3,(H,29,32). The number of halogens is 1. The van der Waals surface area contributed by atoms with E-state index in [0.29, 0.717) is 30.7 Å². The molecule has 2 aromatic carbocycles. The van der Waals surface area contributed by atoms with E-state index in [1.807, 2.05) is 13.0 Å². The summed E-state index contributed by atoms with van der Waals surface area (Å²) in [5.74, 6) is -0.411. The quantitative estimate of drug-likeness (QED) is 0.648. The molecule has 0 aliphatic carbocycles. The van der Waals surface area contributed by atoms with E-state index in [-0.39, 0.29) is 28.7 Å². The number of nitrogens with zero attached hydrogens (tertiary/aromatic N) is 3. The van der Waals surface area contributed by atoms with Gasteiger partial charge in [-0.15, -0.1) is 0 Å². The third kappa shape index (κ3) is 3.68. The van der Waals surface area contributed by atoms with Crippen LogP contribution in [0.15, 0.2) is 46.7 Å². The number of ether oxygens (including phenoxy) is 1. The normalized spacial score (nSPS) is 18.4. The highest BCUT2D eigenvalue weighted by atomic mass is 19.1. The number of fused-ring (bicyclic) bond motifs is 2. The molecule has 0 spiro atoms. The van der Waals surface area contributed by atoms with Gasteiger partial charge >= 0.3 is 0 Å². The molecule has 1 atom stereocenters. The van der Waals surface area contributed by atoms with Crippen molar-refractivity contribution >= 4 is 28.3 Å². The Hall–Kier alpha value is -3.52. The fourth-order valence-corrected chi connectivity index (χ4v) is 5.01. The molecular weight excluding hydrogens is 435 g/mol. The summed E-state index contributed by atoms with van der Waals surface area (Å²) in [6, 6.07) is 8.11. The van der Waals surface area contributed by atoms with Gasteiger partial charge in [0.2, 0.25) is 0 Å². The zero-order chi connectivity index (χ0) is 24.0. The fourth-order valence-electron chi connectivity index (χ4n) is 5.01. The lowest BCUT2D eigenvalue weighted by molar-refractivity contribution is 0.0726. The maximum absolute atomic E-state index is 13.6.